The molecule has 2 aromatic heterocycles. The van der Waals surface area contributed by atoms with Crippen LogP contribution in [0.1, 0.15) is 132 Å². The number of carbonyl (C=O) groups excluding carboxylic acids is 2. The first-order valence-electron chi connectivity index (χ1n) is 19.3. The highest BCUT2D eigenvalue weighted by Crippen LogP contribution is 2.76. The number of carboxylic acids is 1. The maximum Gasteiger partial charge on any atom is 0.309 e. The third kappa shape index (κ3) is 5.13. The van der Waals surface area contributed by atoms with Crippen LogP contribution in [-0.4, -0.2) is 44.1 Å². The normalized spacial score (nSPS) is 37.3. The van der Waals surface area contributed by atoms with Crippen LogP contribution < -0.4 is 0 Å². The van der Waals surface area contributed by atoms with Crippen LogP contribution in [0.15, 0.2) is 40.1 Å². The van der Waals surface area contributed by atoms with Crippen LogP contribution in [0.25, 0.3) is 11.5 Å². The van der Waals surface area contributed by atoms with Gasteiger partial charge in [-0.25, -0.2) is 0 Å². The number of carboxylic acid groups (broad SMARTS) is 1. The molecule has 7 rings (SSSR count). The number of aromatic nitrogens is 3. The molecule has 9 heteroatoms. The first-order chi connectivity index (χ1) is 23.8. The minimum Gasteiger partial charge on any atom is -0.481 e. The number of hydrogen-bond acceptors (Lipinski definition) is 8. The number of Topliss-reactive ketones (excluding diaryl/α,β-unsaturated/α-hetero) is 1. The van der Waals surface area contributed by atoms with Crippen molar-refractivity contribution in [1.29, 1.82) is 0 Å². The third-order valence-corrected chi connectivity index (χ3v) is 15.6. The smallest absolute Gasteiger partial charge is 0.309 e. The fourth-order valence-corrected chi connectivity index (χ4v) is 12.7. The van der Waals surface area contributed by atoms with Crippen LogP contribution >= 0.6 is 0 Å². The van der Waals surface area contributed by atoms with Gasteiger partial charge in [-0.05, 0) is 128 Å². The van der Waals surface area contributed by atoms with Crippen LogP contribution in [0, 0.1) is 50.7 Å². The van der Waals surface area contributed by atoms with E-state index >= 15 is 0 Å². The van der Waals surface area contributed by atoms with E-state index in [-0.39, 0.29) is 51.8 Å². The number of rotatable bonds is 7. The summed E-state index contributed by atoms with van der Waals surface area (Å²) >= 11 is 0. The number of nitrogens with zero attached hydrogens (tertiary/aromatic N) is 3. The number of carbonyl (C=O) groups is 3. The van der Waals surface area contributed by atoms with Gasteiger partial charge in [0, 0.05) is 29.8 Å². The van der Waals surface area contributed by atoms with Gasteiger partial charge in [-0.2, -0.15) is 0 Å². The van der Waals surface area contributed by atoms with Gasteiger partial charge in [0.15, 0.2) is 5.78 Å². The van der Waals surface area contributed by atoms with Gasteiger partial charge < -0.3 is 14.3 Å². The second-order valence-electron chi connectivity index (χ2n) is 19.1. The highest BCUT2D eigenvalue weighted by atomic mass is 16.5. The standard InChI is InChI=1S/C42H57N3O6/c1-24(2)32-27(46)22-42(35-45-44-34(51-35)25-14-20-43-21-15-25)19-18-40(8)26(33(32)42)10-11-29-39(7)16-13-30(50-31(47)23-37(3,4)36(48)49)38(5,6)28(39)12-17-41(29,40)9/h14-15,20-21,24,26,28-30H,10-13,16-19,22-23H2,1-9H3,(H,48,49)/t26-,28+,29-,30+,39+,40-,41-,42-/m1/s1. The Morgan fingerprint density at radius 3 is 2.31 bits per heavy atom. The minimum atomic E-state index is -1.16. The second kappa shape index (κ2) is 11.8. The van der Waals surface area contributed by atoms with Crippen LogP contribution in [0.3, 0.4) is 0 Å². The van der Waals surface area contributed by atoms with Crippen molar-refractivity contribution in [3.05, 3.63) is 41.6 Å². The van der Waals surface area contributed by atoms with Crippen molar-refractivity contribution in [2.45, 2.75) is 138 Å². The average molecular weight is 700 g/mol. The topological polar surface area (TPSA) is 132 Å². The van der Waals surface area contributed by atoms with Crippen molar-refractivity contribution in [2.24, 2.45) is 50.7 Å². The molecule has 0 aliphatic heterocycles. The summed E-state index contributed by atoms with van der Waals surface area (Å²) in [4.78, 5) is 43.1. The van der Waals surface area contributed by atoms with E-state index in [9.17, 15) is 19.5 Å². The Hall–Kier alpha value is -3.36. The summed E-state index contributed by atoms with van der Waals surface area (Å²) in [6.45, 7) is 19.6. The van der Waals surface area contributed by atoms with Crippen molar-refractivity contribution in [3.8, 4) is 11.5 Å². The van der Waals surface area contributed by atoms with E-state index < -0.39 is 22.8 Å². The Labute approximate surface area is 302 Å². The lowest BCUT2D eigenvalue weighted by Gasteiger charge is -2.72. The fourth-order valence-electron chi connectivity index (χ4n) is 12.7. The van der Waals surface area contributed by atoms with Crippen LogP contribution in [-0.2, 0) is 24.5 Å². The minimum absolute atomic E-state index is 0.0166. The summed E-state index contributed by atoms with van der Waals surface area (Å²) in [7, 11) is 0. The molecule has 5 aliphatic rings. The predicted octanol–water partition coefficient (Wildman–Crippen LogP) is 8.78. The van der Waals surface area contributed by atoms with E-state index in [1.54, 1.807) is 26.2 Å². The molecule has 4 fully saturated rings. The lowest BCUT2D eigenvalue weighted by molar-refractivity contribution is -0.232. The molecule has 0 bridgehead atoms. The zero-order chi connectivity index (χ0) is 36.9. The van der Waals surface area contributed by atoms with Gasteiger partial charge in [-0.1, -0.05) is 48.5 Å². The molecule has 0 saturated heterocycles. The predicted molar refractivity (Wildman–Crippen MR) is 192 cm³/mol. The highest BCUT2D eigenvalue weighted by molar-refractivity contribution is 6.01. The first-order valence-corrected chi connectivity index (χ1v) is 19.3. The summed E-state index contributed by atoms with van der Waals surface area (Å²) in [5.41, 5.74) is 1.23. The largest absolute Gasteiger partial charge is 0.481 e. The first kappa shape index (κ1) is 36.0. The summed E-state index contributed by atoms with van der Waals surface area (Å²) in [6.07, 6.45) is 11.3. The van der Waals surface area contributed by atoms with Gasteiger partial charge in [0.25, 0.3) is 0 Å². The summed E-state index contributed by atoms with van der Waals surface area (Å²) in [6, 6.07) is 3.75. The van der Waals surface area contributed by atoms with Gasteiger partial charge in [0.05, 0.1) is 17.3 Å². The number of pyridine rings is 1. The molecular formula is C42H57N3O6. The highest BCUT2D eigenvalue weighted by Gasteiger charge is 2.71. The van der Waals surface area contributed by atoms with Gasteiger partial charge in [0.1, 0.15) is 6.10 Å². The molecule has 2 heterocycles. The number of allylic oxidation sites excluding steroid dienone is 2. The number of fused-ring (bicyclic) bond motifs is 7. The van der Waals surface area contributed by atoms with Crippen LogP contribution in [0.4, 0.5) is 0 Å². The SMILES string of the molecule is CC(C)C1=C2[C@H]3CC[C@@H]4[C@@]5(C)CC[C@H](OC(=O)CC(C)(C)C(=O)O)C(C)(C)[C@@H]5CC[C@@]4(C)[C@]3(C)CC[C@@]2(c2nnc(-c3ccncc3)o2)CC1=O. The van der Waals surface area contributed by atoms with Gasteiger partial charge in [-0.3, -0.25) is 19.4 Å². The molecule has 0 amide bonds. The van der Waals surface area contributed by atoms with Crippen molar-refractivity contribution in [3.63, 3.8) is 0 Å². The number of hydrogen-bond donors (Lipinski definition) is 1. The maximum atomic E-state index is 14.1. The molecule has 1 N–H and O–H groups in total. The molecule has 276 valence electrons. The third-order valence-electron chi connectivity index (χ3n) is 15.6. The molecule has 0 unspecified atom stereocenters. The summed E-state index contributed by atoms with van der Waals surface area (Å²) in [5.74, 6) is 1.09. The molecule has 0 radical (unpaired) electrons. The molecule has 9 nitrogen and oxygen atoms in total. The maximum absolute atomic E-state index is 14.1. The van der Waals surface area contributed by atoms with Crippen molar-refractivity contribution < 1.29 is 28.6 Å². The van der Waals surface area contributed by atoms with E-state index in [2.05, 4.69) is 63.6 Å². The number of esters is 1. The number of aliphatic carboxylic acids is 1. The van der Waals surface area contributed by atoms with E-state index in [1.807, 2.05) is 12.1 Å². The zero-order valence-corrected chi connectivity index (χ0v) is 32.1. The Morgan fingerprint density at radius 1 is 0.941 bits per heavy atom. The molecule has 8 atom stereocenters. The summed E-state index contributed by atoms with van der Waals surface area (Å²) < 4.78 is 12.7. The van der Waals surface area contributed by atoms with E-state index in [1.165, 1.54) is 5.57 Å². The Morgan fingerprint density at radius 2 is 1.65 bits per heavy atom. The lowest BCUT2D eigenvalue weighted by Crippen LogP contribution is -2.66. The number of ketones is 1. The van der Waals surface area contributed by atoms with Crippen molar-refractivity contribution >= 4 is 17.7 Å². The molecule has 4 saturated carbocycles. The average Bonchev–Trinajstić information content (AvgIpc) is 3.67. The Balaban J connectivity index is 1.21. The molecule has 51 heavy (non-hydrogen) atoms. The van der Waals surface area contributed by atoms with Crippen molar-refractivity contribution in [1.82, 2.24) is 15.2 Å². The van der Waals surface area contributed by atoms with E-state index in [0.29, 0.717) is 30.0 Å². The van der Waals surface area contributed by atoms with Crippen molar-refractivity contribution in [2.75, 3.05) is 0 Å². The number of ether oxygens (including phenoxy) is 1. The van der Waals surface area contributed by atoms with Crippen LogP contribution in [0.5, 0.6) is 0 Å². The van der Waals surface area contributed by atoms with Gasteiger partial charge in [-0.15, -0.1) is 10.2 Å². The van der Waals surface area contributed by atoms with E-state index in [0.717, 1.165) is 62.5 Å². The summed E-state index contributed by atoms with van der Waals surface area (Å²) in [5, 5.41) is 18.8. The fraction of sp³-hybridized carbons (Fsp3) is 0.714. The Kier molecular flexibility index (Phi) is 8.35. The molecule has 5 aliphatic carbocycles. The van der Waals surface area contributed by atoms with Crippen LogP contribution in [0.2, 0.25) is 0 Å². The Bertz CT molecular complexity index is 1780. The van der Waals surface area contributed by atoms with E-state index in [4.69, 9.17) is 9.15 Å². The monoisotopic (exact) mass is 699 g/mol. The molecular weight excluding hydrogens is 642 g/mol. The zero-order valence-electron chi connectivity index (χ0n) is 32.1. The molecule has 0 spiro atoms. The van der Waals surface area contributed by atoms with Gasteiger partial charge >= 0.3 is 11.9 Å². The molecule has 2 aromatic rings. The molecule has 0 aromatic carbocycles. The second-order valence-corrected chi connectivity index (χ2v) is 19.1. The van der Waals surface area contributed by atoms with Gasteiger partial charge in [0.2, 0.25) is 11.8 Å². The quantitative estimate of drug-likeness (QED) is 0.282. The lowest BCUT2D eigenvalue weighted by atomic mass is 9.33.